The Kier molecular flexibility index (Phi) is 5.34. The van der Waals surface area contributed by atoms with Crippen LogP contribution in [0.3, 0.4) is 0 Å². The lowest BCUT2D eigenvalue weighted by molar-refractivity contribution is 0.0319. The molecule has 114 valence electrons. The molecule has 0 amide bonds. The van der Waals surface area contributed by atoms with Gasteiger partial charge >= 0.3 is 5.97 Å². The van der Waals surface area contributed by atoms with Gasteiger partial charge in [-0.25, -0.2) is 4.79 Å². The summed E-state index contributed by atoms with van der Waals surface area (Å²) in [5.74, 6) is -0.678. The second-order valence-electron chi connectivity index (χ2n) is 5.22. The molecule has 2 aromatic carbocycles. The third kappa shape index (κ3) is 3.94. The molecule has 0 fully saturated rings. The van der Waals surface area contributed by atoms with Gasteiger partial charge in [0.05, 0.1) is 5.56 Å². The van der Waals surface area contributed by atoms with E-state index < -0.39 is 12.1 Å². The number of halogens is 1. The number of rotatable bonds is 4. The smallest absolute Gasteiger partial charge is 0.338 e. The van der Waals surface area contributed by atoms with Crippen LogP contribution in [0.5, 0.6) is 0 Å². The van der Waals surface area contributed by atoms with Gasteiger partial charge in [0.1, 0.15) is 0 Å². The van der Waals surface area contributed by atoms with Gasteiger partial charge in [-0.2, -0.15) is 0 Å². The molecule has 0 N–H and O–H groups in total. The van der Waals surface area contributed by atoms with Gasteiger partial charge in [-0.05, 0) is 84.8 Å². The van der Waals surface area contributed by atoms with E-state index in [1.54, 1.807) is 25.1 Å². The lowest BCUT2D eigenvalue weighted by Gasteiger charge is -2.13. The largest absolute Gasteiger partial charge is 0.451 e. The van der Waals surface area contributed by atoms with Gasteiger partial charge in [-0.15, -0.1) is 0 Å². The van der Waals surface area contributed by atoms with E-state index in [1.165, 1.54) is 0 Å². The first-order chi connectivity index (χ1) is 10.4. The van der Waals surface area contributed by atoms with E-state index in [2.05, 4.69) is 22.6 Å². The number of aryl methyl sites for hydroxylation is 2. The summed E-state index contributed by atoms with van der Waals surface area (Å²) in [5.41, 5.74) is 3.17. The molecule has 0 aliphatic rings. The lowest BCUT2D eigenvalue weighted by Crippen LogP contribution is -2.24. The van der Waals surface area contributed by atoms with Crippen LogP contribution in [0.1, 0.15) is 38.8 Å². The standard InChI is InChI=1S/C18H17IO3/c1-11-4-5-15(10-12(11)2)17(20)13(3)22-18(21)14-6-8-16(19)9-7-14/h4-10,13H,1-3H3/t13-/m0/s1. The number of Topliss-reactive ketones (excluding diaryl/α,β-unsaturated/α-hetero) is 1. The average molecular weight is 408 g/mol. The molecule has 2 rings (SSSR count). The van der Waals surface area contributed by atoms with E-state index in [1.807, 2.05) is 38.1 Å². The highest BCUT2D eigenvalue weighted by atomic mass is 127. The summed E-state index contributed by atoms with van der Waals surface area (Å²) in [5, 5.41) is 0. The molecule has 0 unspecified atom stereocenters. The molecule has 0 aliphatic heterocycles. The third-order valence-corrected chi connectivity index (χ3v) is 4.24. The van der Waals surface area contributed by atoms with Crippen molar-refractivity contribution in [1.82, 2.24) is 0 Å². The topological polar surface area (TPSA) is 43.4 Å². The quantitative estimate of drug-likeness (QED) is 0.430. The lowest BCUT2D eigenvalue weighted by atomic mass is 10.0. The minimum atomic E-state index is -0.811. The minimum absolute atomic E-state index is 0.193. The number of hydrogen-bond acceptors (Lipinski definition) is 3. The fraction of sp³-hybridized carbons (Fsp3) is 0.222. The highest BCUT2D eigenvalue weighted by Crippen LogP contribution is 2.14. The fourth-order valence-corrected chi connectivity index (χ4v) is 2.36. The maximum Gasteiger partial charge on any atom is 0.338 e. The van der Waals surface area contributed by atoms with Crippen LogP contribution in [0.25, 0.3) is 0 Å². The van der Waals surface area contributed by atoms with Gasteiger partial charge in [-0.3, -0.25) is 4.79 Å². The number of carbonyl (C=O) groups excluding carboxylic acids is 2. The molecule has 4 heteroatoms. The maximum absolute atomic E-state index is 12.4. The molecule has 1 atom stereocenters. The van der Waals surface area contributed by atoms with E-state index in [-0.39, 0.29) is 5.78 Å². The van der Waals surface area contributed by atoms with Crippen molar-refractivity contribution in [2.24, 2.45) is 0 Å². The van der Waals surface area contributed by atoms with Crippen molar-refractivity contribution in [3.8, 4) is 0 Å². The zero-order chi connectivity index (χ0) is 16.3. The van der Waals surface area contributed by atoms with Crippen molar-refractivity contribution >= 4 is 34.3 Å². The first-order valence-electron chi connectivity index (χ1n) is 6.96. The number of ketones is 1. The molecule has 0 saturated carbocycles. The molecule has 3 nitrogen and oxygen atoms in total. The van der Waals surface area contributed by atoms with E-state index >= 15 is 0 Å². The van der Waals surface area contributed by atoms with Gasteiger partial charge in [0.25, 0.3) is 0 Å². The van der Waals surface area contributed by atoms with Crippen molar-refractivity contribution in [3.05, 3.63) is 68.3 Å². The van der Waals surface area contributed by atoms with Crippen LogP contribution in [-0.2, 0) is 4.74 Å². The van der Waals surface area contributed by atoms with Crippen LogP contribution >= 0.6 is 22.6 Å². The summed E-state index contributed by atoms with van der Waals surface area (Å²) in [6.45, 7) is 5.54. The minimum Gasteiger partial charge on any atom is -0.451 e. The Morgan fingerprint density at radius 1 is 0.955 bits per heavy atom. The maximum atomic E-state index is 12.4. The monoisotopic (exact) mass is 408 g/mol. The van der Waals surface area contributed by atoms with Gasteiger partial charge in [-0.1, -0.05) is 12.1 Å². The zero-order valence-electron chi connectivity index (χ0n) is 12.7. The van der Waals surface area contributed by atoms with E-state index in [4.69, 9.17) is 4.74 Å². The number of ether oxygens (including phenoxy) is 1. The van der Waals surface area contributed by atoms with Crippen molar-refractivity contribution in [2.45, 2.75) is 26.9 Å². The Bertz CT molecular complexity index is 705. The van der Waals surface area contributed by atoms with Crippen molar-refractivity contribution in [1.29, 1.82) is 0 Å². The normalized spacial score (nSPS) is 11.8. The molecule has 0 aliphatic carbocycles. The Morgan fingerprint density at radius 2 is 1.55 bits per heavy atom. The van der Waals surface area contributed by atoms with Crippen LogP contribution in [0.15, 0.2) is 42.5 Å². The van der Waals surface area contributed by atoms with Gasteiger partial charge in [0.15, 0.2) is 6.10 Å². The Hall–Kier alpha value is -1.69. The molecule has 0 aromatic heterocycles. The number of benzene rings is 2. The summed E-state index contributed by atoms with van der Waals surface area (Å²) < 4.78 is 6.31. The summed E-state index contributed by atoms with van der Waals surface area (Å²) in [6, 6.07) is 12.5. The Labute approximate surface area is 143 Å². The van der Waals surface area contributed by atoms with Crippen molar-refractivity contribution in [3.63, 3.8) is 0 Å². The van der Waals surface area contributed by atoms with Gasteiger partial charge in [0, 0.05) is 9.13 Å². The van der Waals surface area contributed by atoms with E-state index in [0.717, 1.165) is 14.7 Å². The van der Waals surface area contributed by atoms with Crippen molar-refractivity contribution < 1.29 is 14.3 Å². The average Bonchev–Trinajstić information content (AvgIpc) is 2.49. The summed E-state index contributed by atoms with van der Waals surface area (Å²) in [7, 11) is 0. The zero-order valence-corrected chi connectivity index (χ0v) is 14.9. The molecule has 22 heavy (non-hydrogen) atoms. The molecule has 0 spiro atoms. The third-order valence-electron chi connectivity index (χ3n) is 3.52. The Balaban J connectivity index is 2.09. The van der Waals surface area contributed by atoms with Crippen LogP contribution in [0.2, 0.25) is 0 Å². The molecule has 2 aromatic rings. The second kappa shape index (κ2) is 7.05. The molecule has 0 heterocycles. The predicted octanol–water partition coefficient (Wildman–Crippen LogP) is 4.34. The SMILES string of the molecule is Cc1ccc(C(=O)[C@H](C)OC(=O)c2ccc(I)cc2)cc1C. The Morgan fingerprint density at radius 3 is 2.14 bits per heavy atom. The van der Waals surface area contributed by atoms with E-state index in [9.17, 15) is 9.59 Å². The molecular weight excluding hydrogens is 391 g/mol. The van der Waals surface area contributed by atoms with Gasteiger partial charge in [0.2, 0.25) is 5.78 Å². The van der Waals surface area contributed by atoms with Crippen LogP contribution in [0, 0.1) is 17.4 Å². The number of hydrogen-bond donors (Lipinski definition) is 0. The summed E-state index contributed by atoms with van der Waals surface area (Å²) in [4.78, 5) is 24.4. The molecule has 0 bridgehead atoms. The molecular formula is C18H17IO3. The second-order valence-corrected chi connectivity index (χ2v) is 6.46. The van der Waals surface area contributed by atoms with Crippen molar-refractivity contribution in [2.75, 3.05) is 0 Å². The number of carbonyl (C=O) groups is 2. The first kappa shape index (κ1) is 16.7. The van der Waals surface area contributed by atoms with Crippen LogP contribution in [-0.4, -0.2) is 17.9 Å². The predicted molar refractivity (Wildman–Crippen MR) is 94.3 cm³/mol. The van der Waals surface area contributed by atoms with E-state index in [0.29, 0.717) is 11.1 Å². The highest BCUT2D eigenvalue weighted by molar-refractivity contribution is 14.1. The molecule has 0 radical (unpaired) electrons. The summed E-state index contributed by atoms with van der Waals surface area (Å²) >= 11 is 2.16. The van der Waals surface area contributed by atoms with Crippen LogP contribution in [0.4, 0.5) is 0 Å². The number of esters is 1. The molecule has 0 saturated heterocycles. The highest BCUT2D eigenvalue weighted by Gasteiger charge is 2.20. The fourth-order valence-electron chi connectivity index (χ4n) is 2.00. The summed E-state index contributed by atoms with van der Waals surface area (Å²) in [6.07, 6.45) is -0.811. The van der Waals surface area contributed by atoms with Gasteiger partial charge < -0.3 is 4.74 Å². The van der Waals surface area contributed by atoms with Crippen LogP contribution < -0.4 is 0 Å². The first-order valence-corrected chi connectivity index (χ1v) is 8.04.